The normalized spacial score (nSPS) is 10.9. The van der Waals surface area contributed by atoms with Crippen LogP contribution in [0.3, 0.4) is 0 Å². The molecule has 0 saturated heterocycles. The minimum atomic E-state index is 0. The standard InChI is InChI=1S/C16H26ClN3O3.HI/c1-18-16(19-7-4-8-23-10-9-21-2)20-12-13-5-6-14(17)11-15(13)22-3;/h5-6,11H,4,7-10,12H2,1-3H3,(H2,18,19,20);1H. The lowest BCUT2D eigenvalue weighted by Gasteiger charge is -2.14. The SMILES string of the molecule is CN=C(NCCCOCCOC)NCc1ccc(Cl)cc1OC.I. The Balaban J connectivity index is 0.00000529. The maximum absolute atomic E-state index is 5.96. The molecule has 0 spiro atoms. The summed E-state index contributed by atoms with van der Waals surface area (Å²) in [6, 6.07) is 5.58. The van der Waals surface area contributed by atoms with Crippen LogP contribution in [0.2, 0.25) is 5.02 Å². The summed E-state index contributed by atoms with van der Waals surface area (Å²) in [7, 11) is 5.03. The van der Waals surface area contributed by atoms with E-state index in [-0.39, 0.29) is 24.0 Å². The Morgan fingerprint density at radius 2 is 1.96 bits per heavy atom. The lowest BCUT2D eigenvalue weighted by atomic mass is 10.2. The van der Waals surface area contributed by atoms with E-state index < -0.39 is 0 Å². The zero-order valence-electron chi connectivity index (χ0n) is 14.4. The minimum absolute atomic E-state index is 0. The second-order valence-electron chi connectivity index (χ2n) is 4.77. The first-order valence-corrected chi connectivity index (χ1v) is 7.92. The van der Waals surface area contributed by atoms with Crippen LogP contribution >= 0.6 is 35.6 Å². The summed E-state index contributed by atoms with van der Waals surface area (Å²) in [5.41, 5.74) is 1.02. The van der Waals surface area contributed by atoms with Crippen molar-refractivity contribution in [3.05, 3.63) is 28.8 Å². The van der Waals surface area contributed by atoms with Gasteiger partial charge in [-0.25, -0.2) is 0 Å². The Morgan fingerprint density at radius 1 is 1.17 bits per heavy atom. The summed E-state index contributed by atoms with van der Waals surface area (Å²) in [5.74, 6) is 1.49. The molecule has 6 nitrogen and oxygen atoms in total. The van der Waals surface area contributed by atoms with Crippen LogP contribution in [0.1, 0.15) is 12.0 Å². The highest BCUT2D eigenvalue weighted by Gasteiger charge is 2.05. The molecule has 0 aliphatic heterocycles. The molecule has 2 N–H and O–H groups in total. The van der Waals surface area contributed by atoms with Gasteiger partial charge in [0.05, 0.1) is 20.3 Å². The molecule has 0 bridgehead atoms. The summed E-state index contributed by atoms with van der Waals surface area (Å²) in [6.07, 6.45) is 0.898. The lowest BCUT2D eigenvalue weighted by molar-refractivity contribution is 0.0698. The molecular weight excluding hydrogens is 445 g/mol. The fraction of sp³-hybridized carbons (Fsp3) is 0.562. The van der Waals surface area contributed by atoms with Gasteiger partial charge in [0.25, 0.3) is 0 Å². The van der Waals surface area contributed by atoms with Gasteiger partial charge in [-0.2, -0.15) is 0 Å². The maximum atomic E-state index is 5.96. The number of halogens is 2. The number of nitrogens with one attached hydrogen (secondary N) is 2. The number of methoxy groups -OCH3 is 2. The Hall–Kier alpha value is -0.770. The van der Waals surface area contributed by atoms with Crippen molar-refractivity contribution < 1.29 is 14.2 Å². The van der Waals surface area contributed by atoms with Gasteiger partial charge in [0.1, 0.15) is 5.75 Å². The maximum Gasteiger partial charge on any atom is 0.191 e. The molecule has 0 heterocycles. The number of guanidine groups is 1. The van der Waals surface area contributed by atoms with Crippen molar-refractivity contribution in [3.8, 4) is 5.75 Å². The summed E-state index contributed by atoms with van der Waals surface area (Å²) >= 11 is 5.96. The minimum Gasteiger partial charge on any atom is -0.496 e. The second-order valence-corrected chi connectivity index (χ2v) is 5.20. The van der Waals surface area contributed by atoms with E-state index in [1.165, 1.54) is 0 Å². The van der Waals surface area contributed by atoms with E-state index in [1.54, 1.807) is 27.3 Å². The molecule has 1 rings (SSSR count). The lowest BCUT2D eigenvalue weighted by Crippen LogP contribution is -2.37. The van der Waals surface area contributed by atoms with Gasteiger partial charge in [-0.1, -0.05) is 17.7 Å². The largest absolute Gasteiger partial charge is 0.496 e. The third kappa shape index (κ3) is 9.51. The van der Waals surface area contributed by atoms with E-state index >= 15 is 0 Å². The van der Waals surface area contributed by atoms with Crippen LogP contribution in [0, 0.1) is 0 Å². The zero-order valence-corrected chi connectivity index (χ0v) is 17.5. The van der Waals surface area contributed by atoms with Crippen molar-refractivity contribution in [1.82, 2.24) is 10.6 Å². The number of ether oxygens (including phenoxy) is 3. The molecule has 0 atom stereocenters. The Bertz CT molecular complexity index is 490. The van der Waals surface area contributed by atoms with Gasteiger partial charge in [-0.15, -0.1) is 24.0 Å². The Labute approximate surface area is 166 Å². The van der Waals surface area contributed by atoms with E-state index in [0.717, 1.165) is 30.2 Å². The van der Waals surface area contributed by atoms with E-state index in [1.807, 2.05) is 12.1 Å². The van der Waals surface area contributed by atoms with Crippen molar-refractivity contribution in [2.24, 2.45) is 4.99 Å². The fourth-order valence-electron chi connectivity index (χ4n) is 1.89. The van der Waals surface area contributed by atoms with Gasteiger partial charge in [0, 0.05) is 44.4 Å². The monoisotopic (exact) mass is 471 g/mol. The molecule has 0 aliphatic carbocycles. The van der Waals surface area contributed by atoms with Crippen LogP contribution in [0.15, 0.2) is 23.2 Å². The number of nitrogens with zero attached hydrogens (tertiary/aromatic N) is 1. The first-order valence-electron chi connectivity index (χ1n) is 7.55. The van der Waals surface area contributed by atoms with Crippen molar-refractivity contribution in [2.75, 3.05) is 47.6 Å². The van der Waals surface area contributed by atoms with E-state index in [2.05, 4.69) is 15.6 Å². The highest BCUT2D eigenvalue weighted by Crippen LogP contribution is 2.22. The average molecular weight is 472 g/mol. The first kappa shape index (κ1) is 23.2. The summed E-state index contributed by atoms with van der Waals surface area (Å²) in [5, 5.41) is 7.14. The molecule has 0 radical (unpaired) electrons. The van der Waals surface area contributed by atoms with Gasteiger partial charge >= 0.3 is 0 Å². The van der Waals surface area contributed by atoms with Crippen molar-refractivity contribution in [3.63, 3.8) is 0 Å². The predicted molar refractivity (Wildman–Crippen MR) is 109 cm³/mol. The van der Waals surface area contributed by atoms with Crippen LogP contribution in [0.5, 0.6) is 5.75 Å². The Morgan fingerprint density at radius 3 is 2.62 bits per heavy atom. The molecule has 8 heteroatoms. The molecule has 0 saturated carbocycles. The highest BCUT2D eigenvalue weighted by atomic mass is 127. The second kappa shape index (κ2) is 14.6. The van der Waals surface area contributed by atoms with Crippen molar-refractivity contribution in [2.45, 2.75) is 13.0 Å². The van der Waals surface area contributed by atoms with Crippen LogP contribution < -0.4 is 15.4 Å². The van der Waals surface area contributed by atoms with Gasteiger partial charge in [-0.3, -0.25) is 4.99 Å². The van der Waals surface area contributed by atoms with Gasteiger partial charge in [0.2, 0.25) is 0 Å². The summed E-state index contributed by atoms with van der Waals surface area (Å²) < 4.78 is 15.6. The van der Waals surface area contributed by atoms with Crippen molar-refractivity contribution in [1.29, 1.82) is 0 Å². The molecule has 1 aromatic carbocycles. The van der Waals surface area contributed by atoms with Crippen LogP contribution in [-0.2, 0) is 16.0 Å². The smallest absolute Gasteiger partial charge is 0.191 e. The molecule has 0 amide bonds. The highest BCUT2D eigenvalue weighted by molar-refractivity contribution is 14.0. The fourth-order valence-corrected chi connectivity index (χ4v) is 2.05. The number of rotatable bonds is 10. The van der Waals surface area contributed by atoms with Gasteiger partial charge in [0.15, 0.2) is 5.96 Å². The molecule has 0 aromatic heterocycles. The molecule has 1 aromatic rings. The summed E-state index contributed by atoms with van der Waals surface area (Å²) in [4.78, 5) is 4.19. The molecular formula is C16H27ClIN3O3. The average Bonchev–Trinajstić information content (AvgIpc) is 2.57. The number of aliphatic imine (C=N–C) groups is 1. The molecule has 0 fully saturated rings. The van der Waals surface area contributed by atoms with Gasteiger partial charge < -0.3 is 24.8 Å². The van der Waals surface area contributed by atoms with Crippen LogP contribution in [0.4, 0.5) is 0 Å². The quantitative estimate of drug-likeness (QED) is 0.238. The summed E-state index contributed by atoms with van der Waals surface area (Å²) in [6.45, 7) is 3.33. The van der Waals surface area contributed by atoms with Crippen molar-refractivity contribution >= 4 is 41.5 Å². The number of hydrogen-bond donors (Lipinski definition) is 2. The molecule has 0 unspecified atom stereocenters. The first-order chi connectivity index (χ1) is 11.2. The van der Waals surface area contributed by atoms with E-state index in [9.17, 15) is 0 Å². The third-order valence-corrected chi connectivity index (χ3v) is 3.34. The van der Waals surface area contributed by atoms with Crippen LogP contribution in [-0.4, -0.2) is 53.6 Å². The number of benzene rings is 1. The van der Waals surface area contributed by atoms with Crippen LogP contribution in [0.25, 0.3) is 0 Å². The molecule has 24 heavy (non-hydrogen) atoms. The Kier molecular flexibility index (Phi) is 14.1. The van der Waals surface area contributed by atoms with E-state index in [4.69, 9.17) is 25.8 Å². The predicted octanol–water partition coefficient (Wildman–Crippen LogP) is 2.68. The number of hydrogen-bond acceptors (Lipinski definition) is 4. The van der Waals surface area contributed by atoms with Gasteiger partial charge in [-0.05, 0) is 18.6 Å². The topological polar surface area (TPSA) is 64.1 Å². The zero-order chi connectivity index (χ0) is 16.9. The molecule has 138 valence electrons. The molecule has 0 aliphatic rings. The third-order valence-electron chi connectivity index (χ3n) is 3.11. The van der Waals surface area contributed by atoms with E-state index in [0.29, 0.717) is 31.4 Å².